The Balaban J connectivity index is 0.000000469. The van der Waals surface area contributed by atoms with Gasteiger partial charge in [0.1, 0.15) is 6.61 Å². The van der Waals surface area contributed by atoms with Crippen LogP contribution in [0.4, 0.5) is 0 Å². The Morgan fingerprint density at radius 2 is 1.70 bits per heavy atom. The van der Waals surface area contributed by atoms with Gasteiger partial charge in [-0.25, -0.2) is 14.6 Å². The van der Waals surface area contributed by atoms with E-state index >= 15 is 0 Å². The zero-order valence-electron chi connectivity index (χ0n) is 17.6. The highest BCUT2D eigenvalue weighted by atomic mass is 16.5. The van der Waals surface area contributed by atoms with E-state index in [2.05, 4.69) is 35.5 Å². The maximum atomic E-state index is 12.0. The third-order valence-electron chi connectivity index (χ3n) is 5.27. The number of carboxylic acid groups (broad SMARTS) is 2. The normalized spacial score (nSPS) is 14.3. The molecule has 2 heterocycles. The number of aliphatic carboxylic acids is 2. The summed E-state index contributed by atoms with van der Waals surface area (Å²) >= 11 is 0. The molecule has 1 fully saturated rings. The van der Waals surface area contributed by atoms with Crippen molar-refractivity contribution in [3.05, 3.63) is 29.6 Å². The van der Waals surface area contributed by atoms with Crippen LogP contribution in [0, 0.1) is 19.8 Å². The van der Waals surface area contributed by atoms with Crippen molar-refractivity contribution < 1.29 is 29.3 Å². The predicted molar refractivity (Wildman–Crippen MR) is 110 cm³/mol. The number of amides is 1. The van der Waals surface area contributed by atoms with Crippen molar-refractivity contribution >= 4 is 28.9 Å². The molecule has 0 aliphatic carbocycles. The van der Waals surface area contributed by atoms with E-state index in [0.717, 1.165) is 38.0 Å². The van der Waals surface area contributed by atoms with Gasteiger partial charge in [0.05, 0.1) is 17.4 Å². The fraction of sp³-hybridized carbons (Fsp3) is 0.524. The van der Waals surface area contributed by atoms with Crippen molar-refractivity contribution in [3.63, 3.8) is 0 Å². The van der Waals surface area contributed by atoms with Gasteiger partial charge in [-0.2, -0.15) is 0 Å². The SMILES string of the molecule is CCOCC(=O)N1CCC(Cn2cnc3cc(C)c(C)cc32)CC1.O=C(O)C(=O)O. The summed E-state index contributed by atoms with van der Waals surface area (Å²) in [6.07, 6.45) is 4.04. The molecule has 1 aliphatic heterocycles. The lowest BCUT2D eigenvalue weighted by atomic mass is 9.96. The van der Waals surface area contributed by atoms with Crippen molar-refractivity contribution in [2.45, 2.75) is 40.2 Å². The second-order valence-corrected chi connectivity index (χ2v) is 7.39. The molecule has 1 saturated heterocycles. The van der Waals surface area contributed by atoms with Crippen LogP contribution in [0.5, 0.6) is 0 Å². The topological polar surface area (TPSA) is 122 Å². The van der Waals surface area contributed by atoms with E-state index in [1.165, 1.54) is 16.6 Å². The summed E-state index contributed by atoms with van der Waals surface area (Å²) < 4.78 is 7.49. The number of rotatable bonds is 5. The van der Waals surface area contributed by atoms with Gasteiger partial charge >= 0.3 is 11.9 Å². The molecule has 0 saturated carbocycles. The number of carboxylic acids is 2. The van der Waals surface area contributed by atoms with Crippen molar-refractivity contribution in [1.29, 1.82) is 0 Å². The van der Waals surface area contributed by atoms with Crippen LogP contribution in [0.25, 0.3) is 11.0 Å². The summed E-state index contributed by atoms with van der Waals surface area (Å²) in [4.78, 5) is 36.7. The molecule has 0 unspecified atom stereocenters. The minimum Gasteiger partial charge on any atom is -0.473 e. The Hall–Kier alpha value is -2.94. The summed E-state index contributed by atoms with van der Waals surface area (Å²) in [7, 11) is 0. The number of ether oxygens (including phenoxy) is 1. The number of aryl methyl sites for hydroxylation is 2. The number of piperidine rings is 1. The third kappa shape index (κ3) is 6.28. The molecule has 30 heavy (non-hydrogen) atoms. The zero-order valence-corrected chi connectivity index (χ0v) is 17.6. The number of carbonyl (C=O) groups is 3. The van der Waals surface area contributed by atoms with Crippen molar-refractivity contribution in [2.75, 3.05) is 26.3 Å². The van der Waals surface area contributed by atoms with Crippen LogP contribution in [0.1, 0.15) is 30.9 Å². The predicted octanol–water partition coefficient (Wildman–Crippen LogP) is 2.08. The third-order valence-corrected chi connectivity index (χ3v) is 5.27. The molecule has 3 rings (SSSR count). The maximum Gasteiger partial charge on any atom is 0.414 e. The fourth-order valence-corrected chi connectivity index (χ4v) is 3.38. The first kappa shape index (κ1) is 23.3. The number of hydrogen-bond acceptors (Lipinski definition) is 5. The van der Waals surface area contributed by atoms with Crippen LogP contribution in [-0.2, 0) is 25.7 Å². The monoisotopic (exact) mass is 419 g/mol. The molecule has 0 atom stereocenters. The summed E-state index contributed by atoms with van der Waals surface area (Å²) in [6.45, 7) is 9.64. The van der Waals surface area contributed by atoms with Crippen molar-refractivity contribution in [3.8, 4) is 0 Å². The van der Waals surface area contributed by atoms with E-state index in [4.69, 9.17) is 24.5 Å². The average molecular weight is 419 g/mol. The molecule has 1 amide bonds. The number of hydrogen-bond donors (Lipinski definition) is 2. The number of aromatic nitrogens is 2. The van der Waals surface area contributed by atoms with E-state index in [-0.39, 0.29) is 12.5 Å². The summed E-state index contributed by atoms with van der Waals surface area (Å²) in [6, 6.07) is 4.40. The Bertz CT molecular complexity index is 888. The molecular formula is C21H29N3O6. The Morgan fingerprint density at radius 3 is 2.27 bits per heavy atom. The van der Waals surface area contributed by atoms with E-state index < -0.39 is 11.9 Å². The Labute approximate surface area is 175 Å². The summed E-state index contributed by atoms with van der Waals surface area (Å²) in [5, 5.41) is 14.8. The minimum absolute atomic E-state index is 0.120. The second-order valence-electron chi connectivity index (χ2n) is 7.39. The number of nitrogens with zero attached hydrogens (tertiary/aromatic N) is 3. The van der Waals surface area contributed by atoms with Gasteiger partial charge in [0.25, 0.3) is 0 Å². The van der Waals surface area contributed by atoms with Gasteiger partial charge in [-0.05, 0) is 62.8 Å². The molecule has 2 N–H and O–H groups in total. The van der Waals surface area contributed by atoms with Gasteiger partial charge in [0.2, 0.25) is 5.91 Å². The molecule has 9 nitrogen and oxygen atoms in total. The standard InChI is InChI=1S/C19H27N3O2.C2H2O4/c1-4-24-12-19(23)21-7-5-16(6-8-21)11-22-13-20-17-9-14(2)15(3)10-18(17)22;3-1(4)2(5)6/h9-10,13,16H,4-8,11-12H2,1-3H3;(H,3,4)(H,5,6). The number of carbonyl (C=O) groups excluding carboxylic acids is 1. The van der Waals surface area contributed by atoms with Crippen LogP contribution < -0.4 is 0 Å². The number of fused-ring (bicyclic) bond motifs is 1. The van der Waals surface area contributed by atoms with Crippen molar-refractivity contribution in [1.82, 2.24) is 14.5 Å². The molecule has 1 aromatic heterocycles. The van der Waals surface area contributed by atoms with Crippen LogP contribution in [-0.4, -0.2) is 68.8 Å². The summed E-state index contributed by atoms with van der Waals surface area (Å²) in [5.41, 5.74) is 4.88. The van der Waals surface area contributed by atoms with Gasteiger partial charge in [-0.1, -0.05) is 0 Å². The lowest BCUT2D eigenvalue weighted by molar-refractivity contribution is -0.159. The summed E-state index contributed by atoms with van der Waals surface area (Å²) in [5.74, 6) is -2.93. The van der Waals surface area contributed by atoms with Gasteiger partial charge in [0, 0.05) is 26.2 Å². The number of likely N-dealkylation sites (tertiary alicyclic amines) is 1. The van der Waals surface area contributed by atoms with Crippen LogP contribution in [0.3, 0.4) is 0 Å². The van der Waals surface area contributed by atoms with Gasteiger partial charge in [-0.3, -0.25) is 4.79 Å². The number of benzene rings is 1. The Kier molecular flexibility index (Phi) is 8.35. The van der Waals surface area contributed by atoms with E-state index in [1.54, 1.807) is 0 Å². The smallest absolute Gasteiger partial charge is 0.414 e. The van der Waals surface area contributed by atoms with Crippen LogP contribution in [0.15, 0.2) is 18.5 Å². The molecule has 0 bridgehead atoms. The lowest BCUT2D eigenvalue weighted by Crippen LogP contribution is -2.41. The lowest BCUT2D eigenvalue weighted by Gasteiger charge is -2.32. The molecular weight excluding hydrogens is 390 g/mol. The first-order chi connectivity index (χ1) is 14.2. The maximum absolute atomic E-state index is 12.0. The molecule has 9 heteroatoms. The first-order valence-electron chi connectivity index (χ1n) is 9.96. The molecule has 164 valence electrons. The zero-order chi connectivity index (χ0) is 22.3. The highest BCUT2D eigenvalue weighted by Gasteiger charge is 2.23. The highest BCUT2D eigenvalue weighted by molar-refractivity contribution is 6.27. The van der Waals surface area contributed by atoms with Gasteiger partial charge < -0.3 is 24.4 Å². The van der Waals surface area contributed by atoms with Crippen LogP contribution >= 0.6 is 0 Å². The second kappa shape index (κ2) is 10.7. The van der Waals surface area contributed by atoms with E-state index in [0.29, 0.717) is 12.5 Å². The minimum atomic E-state index is -1.82. The quantitative estimate of drug-likeness (QED) is 0.712. The molecule has 2 aromatic rings. The van der Waals surface area contributed by atoms with Crippen molar-refractivity contribution in [2.24, 2.45) is 5.92 Å². The van der Waals surface area contributed by atoms with Gasteiger partial charge in [-0.15, -0.1) is 0 Å². The van der Waals surface area contributed by atoms with E-state index in [9.17, 15) is 4.79 Å². The van der Waals surface area contributed by atoms with E-state index in [1.807, 2.05) is 18.2 Å². The average Bonchev–Trinajstić information content (AvgIpc) is 3.08. The molecule has 1 aliphatic rings. The molecule has 0 radical (unpaired) electrons. The Morgan fingerprint density at radius 1 is 1.10 bits per heavy atom. The fourth-order valence-electron chi connectivity index (χ4n) is 3.38. The van der Waals surface area contributed by atoms with Crippen LogP contribution in [0.2, 0.25) is 0 Å². The molecule has 0 spiro atoms. The van der Waals surface area contributed by atoms with Gasteiger partial charge in [0.15, 0.2) is 0 Å². The first-order valence-corrected chi connectivity index (χ1v) is 9.96. The largest absolute Gasteiger partial charge is 0.473 e. The highest BCUT2D eigenvalue weighted by Crippen LogP contribution is 2.23. The number of imidazole rings is 1. The molecule has 1 aromatic carbocycles.